The lowest BCUT2D eigenvalue weighted by molar-refractivity contribution is 0.296. The molecule has 0 N–H and O–H groups in total. The Labute approximate surface area is 123 Å². The molecule has 0 aromatic carbocycles. The summed E-state index contributed by atoms with van der Waals surface area (Å²) in [4.78, 5) is 0. The van der Waals surface area contributed by atoms with Gasteiger partial charge in [0.2, 0.25) is 0 Å². The van der Waals surface area contributed by atoms with Gasteiger partial charge in [-0.3, -0.25) is 0 Å². The molecule has 0 aliphatic carbocycles. The van der Waals surface area contributed by atoms with Crippen molar-refractivity contribution in [3.63, 3.8) is 0 Å². The summed E-state index contributed by atoms with van der Waals surface area (Å²) in [7, 11) is -1.42. The molecule has 0 rings (SSSR count). The van der Waals surface area contributed by atoms with Crippen molar-refractivity contribution in [1.82, 2.24) is 0 Å². The summed E-state index contributed by atoms with van der Waals surface area (Å²) in [5, 5.41) is 0. The molecule has 1 nitrogen and oxygen atoms in total. The quantitative estimate of drug-likeness (QED) is 0.206. The van der Waals surface area contributed by atoms with Gasteiger partial charge in [-0.1, -0.05) is 70.8 Å². The Morgan fingerprint density at radius 3 is 1.79 bits per heavy atom. The lowest BCUT2D eigenvalue weighted by Gasteiger charge is -2.20. The lowest BCUT2D eigenvalue weighted by Crippen LogP contribution is -2.29. The van der Waals surface area contributed by atoms with E-state index in [1.54, 1.807) is 0 Å². The monoisotopic (exact) mass is 284 g/mol. The van der Waals surface area contributed by atoms with Gasteiger partial charge in [0.1, 0.15) is 0 Å². The summed E-state index contributed by atoms with van der Waals surface area (Å²) in [6.07, 6.45) is 15.9. The maximum Gasteiger partial charge on any atom is 0.190 e. The number of allylic oxidation sites excluding steroid dienone is 1. The van der Waals surface area contributed by atoms with Crippen LogP contribution in [0.5, 0.6) is 0 Å². The van der Waals surface area contributed by atoms with Crippen LogP contribution in [0.15, 0.2) is 12.7 Å². The smallest absolute Gasteiger partial charge is 0.190 e. The van der Waals surface area contributed by atoms with Gasteiger partial charge in [0, 0.05) is 6.61 Å². The fraction of sp³-hybridized carbons (Fsp3) is 0.882. The Balaban J connectivity index is 3.16. The molecule has 0 bridgehead atoms. The third-order valence-corrected chi connectivity index (χ3v) is 5.88. The van der Waals surface area contributed by atoms with Gasteiger partial charge in [-0.2, -0.15) is 0 Å². The van der Waals surface area contributed by atoms with Crippen molar-refractivity contribution < 1.29 is 4.43 Å². The molecule has 0 atom stereocenters. The minimum absolute atomic E-state index is 0.962. The molecule has 0 heterocycles. The van der Waals surface area contributed by atoms with Gasteiger partial charge in [-0.05, 0) is 25.6 Å². The average molecular weight is 285 g/mol. The molecule has 0 radical (unpaired) electrons. The van der Waals surface area contributed by atoms with Crippen LogP contribution in [0.4, 0.5) is 0 Å². The number of unbranched alkanes of at least 4 members (excludes halogenated alkanes) is 9. The van der Waals surface area contributed by atoms with E-state index in [4.69, 9.17) is 4.43 Å². The molecule has 0 aliphatic heterocycles. The van der Waals surface area contributed by atoms with Crippen LogP contribution < -0.4 is 0 Å². The molecule has 0 saturated heterocycles. The molecule has 0 aromatic rings. The highest BCUT2D eigenvalue weighted by Crippen LogP contribution is 2.14. The maximum atomic E-state index is 6.01. The van der Waals surface area contributed by atoms with Crippen molar-refractivity contribution >= 4 is 8.32 Å². The van der Waals surface area contributed by atoms with Gasteiger partial charge in [-0.25, -0.2) is 0 Å². The van der Waals surface area contributed by atoms with Crippen LogP contribution in [0.3, 0.4) is 0 Å². The van der Waals surface area contributed by atoms with E-state index in [1.807, 2.05) is 6.08 Å². The van der Waals surface area contributed by atoms with Gasteiger partial charge >= 0.3 is 0 Å². The highest BCUT2D eigenvalue weighted by Gasteiger charge is 2.19. The Morgan fingerprint density at radius 2 is 1.32 bits per heavy atom. The van der Waals surface area contributed by atoms with Crippen LogP contribution in [0, 0.1) is 0 Å². The molecule has 0 aliphatic rings. The normalized spacial score (nSPS) is 11.7. The first-order valence-electron chi connectivity index (χ1n) is 8.37. The fourth-order valence-corrected chi connectivity index (χ4v) is 3.85. The standard InChI is InChI=1S/C17H36OSi/c1-5-7-8-9-10-11-12-13-14-15-16-18-19(3,4)17-6-2/h6H,2,5,7-17H2,1,3-4H3. The second-order valence-electron chi connectivity index (χ2n) is 6.28. The molecular formula is C17H36OSi. The van der Waals surface area contributed by atoms with Crippen molar-refractivity contribution in [2.45, 2.75) is 90.3 Å². The van der Waals surface area contributed by atoms with E-state index in [0.29, 0.717) is 0 Å². The number of hydrogen-bond donors (Lipinski definition) is 0. The first kappa shape index (κ1) is 18.9. The Kier molecular flexibility index (Phi) is 12.9. The summed E-state index contributed by atoms with van der Waals surface area (Å²) < 4.78 is 6.01. The summed E-state index contributed by atoms with van der Waals surface area (Å²) in [6.45, 7) is 11.6. The molecule has 19 heavy (non-hydrogen) atoms. The zero-order chi connectivity index (χ0) is 14.4. The molecular weight excluding hydrogens is 248 g/mol. The maximum absolute atomic E-state index is 6.01. The van der Waals surface area contributed by atoms with Gasteiger partial charge in [0.15, 0.2) is 8.32 Å². The first-order chi connectivity index (χ1) is 9.12. The second-order valence-corrected chi connectivity index (χ2v) is 10.5. The van der Waals surface area contributed by atoms with Crippen LogP contribution >= 0.6 is 0 Å². The zero-order valence-corrected chi connectivity index (χ0v) is 14.7. The average Bonchev–Trinajstić information content (AvgIpc) is 2.36. The predicted octanol–water partition coefficient (Wildman–Crippen LogP) is 6.32. The number of rotatable bonds is 14. The van der Waals surface area contributed by atoms with E-state index >= 15 is 0 Å². The molecule has 0 saturated carbocycles. The van der Waals surface area contributed by atoms with E-state index in [2.05, 4.69) is 26.6 Å². The van der Waals surface area contributed by atoms with E-state index in [-0.39, 0.29) is 0 Å². The van der Waals surface area contributed by atoms with Crippen molar-refractivity contribution in [3.05, 3.63) is 12.7 Å². The summed E-state index contributed by atoms with van der Waals surface area (Å²) in [6, 6.07) is 1.07. The Morgan fingerprint density at radius 1 is 0.842 bits per heavy atom. The molecule has 0 fully saturated rings. The highest BCUT2D eigenvalue weighted by atomic mass is 28.4. The van der Waals surface area contributed by atoms with Crippen molar-refractivity contribution in [3.8, 4) is 0 Å². The summed E-state index contributed by atoms with van der Waals surface area (Å²) >= 11 is 0. The largest absolute Gasteiger partial charge is 0.417 e. The molecule has 114 valence electrons. The molecule has 0 unspecified atom stereocenters. The van der Waals surface area contributed by atoms with Gasteiger partial charge < -0.3 is 4.43 Å². The van der Waals surface area contributed by atoms with E-state index in [0.717, 1.165) is 12.7 Å². The van der Waals surface area contributed by atoms with Crippen molar-refractivity contribution in [2.75, 3.05) is 6.61 Å². The zero-order valence-electron chi connectivity index (χ0n) is 13.7. The van der Waals surface area contributed by atoms with Crippen LogP contribution in [-0.4, -0.2) is 14.9 Å². The minimum atomic E-state index is -1.42. The molecule has 0 spiro atoms. The van der Waals surface area contributed by atoms with Crippen LogP contribution in [0.2, 0.25) is 19.1 Å². The molecule has 0 amide bonds. The van der Waals surface area contributed by atoms with Gasteiger partial charge in [0.25, 0.3) is 0 Å². The van der Waals surface area contributed by atoms with Gasteiger partial charge in [-0.15, -0.1) is 6.58 Å². The van der Waals surface area contributed by atoms with Gasteiger partial charge in [0.05, 0.1) is 0 Å². The van der Waals surface area contributed by atoms with E-state index in [1.165, 1.54) is 64.2 Å². The Bertz CT molecular complexity index is 201. The third-order valence-electron chi connectivity index (χ3n) is 3.63. The predicted molar refractivity (Wildman–Crippen MR) is 90.3 cm³/mol. The van der Waals surface area contributed by atoms with Crippen LogP contribution in [-0.2, 0) is 4.43 Å². The van der Waals surface area contributed by atoms with Crippen LogP contribution in [0.1, 0.15) is 71.1 Å². The SMILES string of the molecule is C=CC[Si](C)(C)OCCCCCCCCCCCC. The highest BCUT2D eigenvalue weighted by molar-refractivity contribution is 6.71. The van der Waals surface area contributed by atoms with E-state index in [9.17, 15) is 0 Å². The molecule has 2 heteroatoms. The van der Waals surface area contributed by atoms with E-state index < -0.39 is 8.32 Å². The van der Waals surface area contributed by atoms with Crippen LogP contribution in [0.25, 0.3) is 0 Å². The topological polar surface area (TPSA) is 9.23 Å². The lowest BCUT2D eigenvalue weighted by atomic mass is 10.1. The molecule has 0 aromatic heterocycles. The Hall–Kier alpha value is -0.0831. The minimum Gasteiger partial charge on any atom is -0.417 e. The fourth-order valence-electron chi connectivity index (χ4n) is 2.34. The summed E-state index contributed by atoms with van der Waals surface area (Å²) in [5.74, 6) is 0. The first-order valence-corrected chi connectivity index (χ1v) is 11.5. The number of hydrogen-bond acceptors (Lipinski definition) is 1. The van der Waals surface area contributed by atoms with Crippen molar-refractivity contribution in [2.24, 2.45) is 0 Å². The third kappa shape index (κ3) is 14.1. The summed E-state index contributed by atoms with van der Waals surface area (Å²) in [5.41, 5.74) is 0. The second kappa shape index (κ2) is 12.9. The van der Waals surface area contributed by atoms with Crippen molar-refractivity contribution in [1.29, 1.82) is 0 Å².